The Hall–Kier alpha value is -2.43. The Balaban J connectivity index is 2.36. The van der Waals surface area contributed by atoms with Crippen LogP contribution in [0.5, 0.6) is 0 Å². The van der Waals surface area contributed by atoms with E-state index in [-0.39, 0.29) is 23.0 Å². The molecule has 104 valence electrons. The van der Waals surface area contributed by atoms with Gasteiger partial charge in [-0.05, 0) is 49.4 Å². The molecule has 0 saturated carbocycles. The fourth-order valence-electron chi connectivity index (χ4n) is 1.94. The fourth-order valence-corrected chi connectivity index (χ4v) is 1.94. The smallest absolute Gasteiger partial charge is 0.260 e. The highest BCUT2D eigenvalue weighted by Crippen LogP contribution is 2.21. The van der Waals surface area contributed by atoms with Crippen molar-refractivity contribution in [3.8, 4) is 0 Å². The lowest BCUT2D eigenvalue weighted by Gasteiger charge is -2.21. The Bertz CT molecular complexity index is 626. The number of carbonyl (C=O) groups is 1. The van der Waals surface area contributed by atoms with Crippen LogP contribution in [0.4, 0.5) is 20.2 Å². The third-order valence-electron chi connectivity index (χ3n) is 2.94. The molecule has 1 amide bonds. The average molecular weight is 276 g/mol. The first kappa shape index (κ1) is 14.0. The molecule has 0 aliphatic carbocycles. The Kier molecular flexibility index (Phi) is 3.98. The number of hydrogen-bond donors (Lipinski definition) is 1. The maximum atomic E-state index is 13.0. The Morgan fingerprint density at radius 1 is 1.10 bits per heavy atom. The van der Waals surface area contributed by atoms with E-state index in [1.54, 1.807) is 6.92 Å². The molecule has 3 nitrogen and oxygen atoms in total. The number of carbonyl (C=O) groups excluding carboxylic acids is 1. The molecule has 0 aliphatic rings. The van der Waals surface area contributed by atoms with Crippen LogP contribution in [0.15, 0.2) is 42.5 Å². The zero-order valence-electron chi connectivity index (χ0n) is 10.9. The highest BCUT2D eigenvalue weighted by molar-refractivity contribution is 6.09. The van der Waals surface area contributed by atoms with Crippen molar-refractivity contribution in [1.82, 2.24) is 0 Å². The Labute approximate surface area is 115 Å². The van der Waals surface area contributed by atoms with Gasteiger partial charge in [0, 0.05) is 17.9 Å². The summed E-state index contributed by atoms with van der Waals surface area (Å²) in [4.78, 5) is 13.9. The number of hydrogen-bond acceptors (Lipinski definition) is 2. The summed E-state index contributed by atoms with van der Waals surface area (Å²) in [5, 5.41) is 0. The van der Waals surface area contributed by atoms with Gasteiger partial charge < -0.3 is 10.6 Å². The van der Waals surface area contributed by atoms with Gasteiger partial charge in [0.05, 0.1) is 5.56 Å². The lowest BCUT2D eigenvalue weighted by Crippen LogP contribution is -2.31. The van der Waals surface area contributed by atoms with Gasteiger partial charge >= 0.3 is 0 Å². The van der Waals surface area contributed by atoms with Crippen LogP contribution in [0.1, 0.15) is 17.3 Å². The van der Waals surface area contributed by atoms with Crippen LogP contribution in [-0.4, -0.2) is 12.5 Å². The quantitative estimate of drug-likeness (QED) is 0.875. The molecule has 0 fully saturated rings. The van der Waals surface area contributed by atoms with Crippen LogP contribution in [0.3, 0.4) is 0 Å². The topological polar surface area (TPSA) is 46.3 Å². The van der Waals surface area contributed by atoms with Gasteiger partial charge in [0.2, 0.25) is 0 Å². The van der Waals surface area contributed by atoms with E-state index in [1.807, 2.05) is 0 Å². The zero-order valence-corrected chi connectivity index (χ0v) is 10.9. The molecule has 0 unspecified atom stereocenters. The van der Waals surface area contributed by atoms with E-state index in [9.17, 15) is 13.6 Å². The number of anilines is 2. The molecule has 2 N–H and O–H groups in total. The lowest BCUT2D eigenvalue weighted by molar-refractivity contribution is 0.0989. The molecule has 0 radical (unpaired) electrons. The van der Waals surface area contributed by atoms with Crippen molar-refractivity contribution in [3.05, 3.63) is 59.7 Å². The van der Waals surface area contributed by atoms with Crippen molar-refractivity contribution in [1.29, 1.82) is 0 Å². The first-order valence-corrected chi connectivity index (χ1v) is 6.15. The third-order valence-corrected chi connectivity index (χ3v) is 2.94. The van der Waals surface area contributed by atoms with Gasteiger partial charge in [-0.3, -0.25) is 4.79 Å². The second-order valence-corrected chi connectivity index (χ2v) is 4.26. The molecule has 0 heterocycles. The summed E-state index contributed by atoms with van der Waals surface area (Å²) in [6.07, 6.45) is 0. The molecule has 20 heavy (non-hydrogen) atoms. The van der Waals surface area contributed by atoms with Gasteiger partial charge in [-0.25, -0.2) is 8.78 Å². The summed E-state index contributed by atoms with van der Waals surface area (Å²) in [6.45, 7) is 2.18. The molecule has 5 heteroatoms. The predicted molar refractivity (Wildman–Crippen MR) is 74.6 cm³/mol. The number of benzene rings is 2. The number of nitrogens with two attached hydrogens (primary N) is 1. The largest absolute Gasteiger partial charge is 0.398 e. The summed E-state index contributed by atoms with van der Waals surface area (Å²) in [6, 6.07) is 9.21. The van der Waals surface area contributed by atoms with E-state index in [0.29, 0.717) is 12.2 Å². The fraction of sp³-hybridized carbons (Fsp3) is 0.133. The first-order chi connectivity index (χ1) is 9.52. The zero-order chi connectivity index (χ0) is 14.7. The second kappa shape index (κ2) is 5.69. The summed E-state index contributed by atoms with van der Waals surface area (Å²) in [5.41, 5.74) is 6.53. The molecule has 0 saturated heterocycles. The third kappa shape index (κ3) is 2.77. The summed E-state index contributed by atoms with van der Waals surface area (Å²) < 4.78 is 25.9. The predicted octanol–water partition coefficient (Wildman–Crippen LogP) is 3.21. The number of halogens is 2. The van der Waals surface area contributed by atoms with Gasteiger partial charge in [0.1, 0.15) is 11.6 Å². The van der Waals surface area contributed by atoms with Gasteiger partial charge in [-0.1, -0.05) is 0 Å². The number of rotatable bonds is 3. The number of nitrogens with zero attached hydrogens (tertiary/aromatic N) is 1. The monoisotopic (exact) mass is 276 g/mol. The molecule has 0 spiro atoms. The highest BCUT2D eigenvalue weighted by atomic mass is 19.1. The van der Waals surface area contributed by atoms with Crippen molar-refractivity contribution >= 4 is 17.3 Å². The normalized spacial score (nSPS) is 10.3. The minimum atomic E-state index is -0.496. The molecular weight excluding hydrogens is 262 g/mol. The first-order valence-electron chi connectivity index (χ1n) is 6.15. The number of amides is 1. The second-order valence-electron chi connectivity index (χ2n) is 4.26. The lowest BCUT2D eigenvalue weighted by atomic mass is 10.1. The van der Waals surface area contributed by atoms with E-state index in [0.717, 1.165) is 6.07 Å². The maximum absolute atomic E-state index is 13.0. The van der Waals surface area contributed by atoms with Crippen LogP contribution < -0.4 is 10.6 Å². The summed E-state index contributed by atoms with van der Waals surface area (Å²) in [5.74, 6) is -1.22. The van der Waals surface area contributed by atoms with E-state index in [4.69, 9.17) is 5.73 Å². The molecular formula is C15H14F2N2O. The minimum Gasteiger partial charge on any atom is -0.398 e. The minimum absolute atomic E-state index is 0.0792. The van der Waals surface area contributed by atoms with Crippen molar-refractivity contribution in [2.45, 2.75) is 6.92 Å². The van der Waals surface area contributed by atoms with Gasteiger partial charge in [-0.15, -0.1) is 0 Å². The van der Waals surface area contributed by atoms with E-state index < -0.39 is 5.82 Å². The van der Waals surface area contributed by atoms with Crippen LogP contribution >= 0.6 is 0 Å². The Morgan fingerprint density at radius 3 is 2.25 bits per heavy atom. The molecule has 2 aromatic carbocycles. The molecule has 0 aliphatic heterocycles. The van der Waals surface area contributed by atoms with Crippen LogP contribution in [0.25, 0.3) is 0 Å². The van der Waals surface area contributed by atoms with E-state index in [1.165, 1.54) is 41.3 Å². The van der Waals surface area contributed by atoms with Crippen molar-refractivity contribution < 1.29 is 13.6 Å². The van der Waals surface area contributed by atoms with Gasteiger partial charge in [0.25, 0.3) is 5.91 Å². The van der Waals surface area contributed by atoms with Crippen molar-refractivity contribution in [2.75, 3.05) is 17.2 Å². The van der Waals surface area contributed by atoms with Gasteiger partial charge in [-0.2, -0.15) is 0 Å². The standard InChI is InChI=1S/C15H14F2N2O/c1-2-19(12-6-3-10(16)4-7-12)15(20)13-8-5-11(17)9-14(13)18/h3-9H,2,18H2,1H3. The molecule has 2 aromatic rings. The highest BCUT2D eigenvalue weighted by Gasteiger charge is 2.18. The van der Waals surface area contributed by atoms with E-state index in [2.05, 4.69) is 0 Å². The summed E-state index contributed by atoms with van der Waals surface area (Å²) in [7, 11) is 0. The van der Waals surface area contributed by atoms with Gasteiger partial charge in [0.15, 0.2) is 0 Å². The molecule has 0 bridgehead atoms. The molecule has 2 rings (SSSR count). The molecule has 0 aromatic heterocycles. The maximum Gasteiger partial charge on any atom is 0.260 e. The average Bonchev–Trinajstić information content (AvgIpc) is 2.41. The molecule has 0 atom stereocenters. The summed E-state index contributed by atoms with van der Waals surface area (Å²) >= 11 is 0. The van der Waals surface area contributed by atoms with Crippen LogP contribution in [0, 0.1) is 11.6 Å². The van der Waals surface area contributed by atoms with Crippen molar-refractivity contribution in [2.24, 2.45) is 0 Å². The number of nitrogen functional groups attached to an aromatic ring is 1. The Morgan fingerprint density at radius 2 is 1.70 bits per heavy atom. The van der Waals surface area contributed by atoms with Crippen LogP contribution in [-0.2, 0) is 0 Å². The van der Waals surface area contributed by atoms with E-state index >= 15 is 0 Å². The van der Waals surface area contributed by atoms with Crippen molar-refractivity contribution in [3.63, 3.8) is 0 Å². The SMILES string of the molecule is CCN(C(=O)c1ccc(F)cc1N)c1ccc(F)cc1. The van der Waals surface area contributed by atoms with Crippen LogP contribution in [0.2, 0.25) is 0 Å².